The summed E-state index contributed by atoms with van der Waals surface area (Å²) in [7, 11) is -4.08. The van der Waals surface area contributed by atoms with Gasteiger partial charge in [0.2, 0.25) is 0 Å². The van der Waals surface area contributed by atoms with Crippen LogP contribution in [0.4, 0.5) is 0 Å². The molecule has 7 heteroatoms. The fourth-order valence-electron chi connectivity index (χ4n) is 5.86. The van der Waals surface area contributed by atoms with Crippen LogP contribution in [0.25, 0.3) is 10.8 Å². The highest BCUT2D eigenvalue weighted by Gasteiger charge is 2.45. The van der Waals surface area contributed by atoms with Crippen molar-refractivity contribution < 1.29 is 23.5 Å². The Labute approximate surface area is 226 Å². The van der Waals surface area contributed by atoms with Gasteiger partial charge in [-0.05, 0) is 52.5 Å². The third-order valence-corrected chi connectivity index (χ3v) is 19.3. The van der Waals surface area contributed by atoms with Crippen molar-refractivity contribution in [2.24, 2.45) is 0 Å². The number of ether oxygens (including phenoxy) is 1. The van der Waals surface area contributed by atoms with Gasteiger partial charge in [0.05, 0.1) is 0 Å². The fraction of sp³-hybridized carbons (Fsp3) is 0.633. The van der Waals surface area contributed by atoms with Crippen molar-refractivity contribution in [3.63, 3.8) is 0 Å². The predicted octanol–water partition coefficient (Wildman–Crippen LogP) is 8.59. The molecule has 0 spiro atoms. The Hall–Kier alpha value is -1.84. The number of hydrogen-bond donors (Lipinski definition) is 1. The molecule has 0 fully saturated rings. The smallest absolute Gasteiger partial charge is 0.342 e. The van der Waals surface area contributed by atoms with Gasteiger partial charge in [0.25, 0.3) is 8.32 Å². The summed E-state index contributed by atoms with van der Waals surface area (Å²) in [5.74, 6) is 0.294. The summed E-state index contributed by atoms with van der Waals surface area (Å²) in [6, 6.07) is 7.70. The van der Waals surface area contributed by atoms with Crippen LogP contribution in [0.1, 0.15) is 84.7 Å². The van der Waals surface area contributed by atoms with Gasteiger partial charge in [0.1, 0.15) is 23.2 Å². The van der Waals surface area contributed by atoms with E-state index >= 15 is 0 Å². The molecule has 1 aliphatic heterocycles. The first-order chi connectivity index (χ1) is 17.0. The number of phenols is 1. The van der Waals surface area contributed by atoms with Gasteiger partial charge >= 0.3 is 5.97 Å². The van der Waals surface area contributed by atoms with E-state index < -0.39 is 22.6 Å². The maximum atomic E-state index is 13.1. The zero-order valence-electron chi connectivity index (χ0n) is 24.8. The molecule has 0 unspecified atom stereocenters. The van der Waals surface area contributed by atoms with Gasteiger partial charge < -0.3 is 18.7 Å². The standard InChI is InChI=1S/C30H48O5Si2/c1-19(2)37(20(3)4,21(5)6)33-16-15-23-17-22-18-25-24(28(31)27(22)29(32)34-23)13-12-14-26(25)35-36(10,11)30(7,8)9/h12-14,18-21,23,31H,15-17H2,1-11H3/t23-/m0/s1. The summed E-state index contributed by atoms with van der Waals surface area (Å²) >= 11 is 0. The molecule has 0 amide bonds. The molecule has 0 radical (unpaired) electrons. The number of benzene rings is 2. The average Bonchev–Trinajstić information content (AvgIpc) is 2.75. The summed E-state index contributed by atoms with van der Waals surface area (Å²) < 4.78 is 19.2. The van der Waals surface area contributed by atoms with Gasteiger partial charge in [0, 0.05) is 30.2 Å². The molecule has 3 rings (SSSR count). The maximum Gasteiger partial charge on any atom is 0.342 e. The Bertz CT molecular complexity index is 1110. The molecule has 0 bridgehead atoms. The molecule has 206 valence electrons. The van der Waals surface area contributed by atoms with Crippen LogP contribution < -0.4 is 4.43 Å². The Morgan fingerprint density at radius 3 is 2.16 bits per heavy atom. The van der Waals surface area contributed by atoms with E-state index in [0.29, 0.717) is 41.5 Å². The maximum absolute atomic E-state index is 13.1. The van der Waals surface area contributed by atoms with Crippen molar-refractivity contribution in [3.05, 3.63) is 35.4 Å². The Morgan fingerprint density at radius 2 is 1.62 bits per heavy atom. The van der Waals surface area contributed by atoms with Crippen molar-refractivity contribution >= 4 is 33.4 Å². The summed E-state index contributed by atoms with van der Waals surface area (Å²) in [6.07, 6.45) is 0.929. The second-order valence-corrected chi connectivity index (χ2v) is 23.3. The van der Waals surface area contributed by atoms with E-state index in [9.17, 15) is 9.90 Å². The monoisotopic (exact) mass is 544 g/mol. The Kier molecular flexibility index (Phi) is 8.62. The van der Waals surface area contributed by atoms with Gasteiger partial charge in [-0.1, -0.05) is 74.4 Å². The normalized spacial score (nSPS) is 17.0. The summed E-state index contributed by atoms with van der Waals surface area (Å²) in [6.45, 7) is 25.3. The minimum atomic E-state index is -2.09. The fourth-order valence-corrected chi connectivity index (χ4v) is 12.4. The third-order valence-electron chi connectivity index (χ3n) is 8.79. The largest absolute Gasteiger partial charge is 0.543 e. The number of carbonyl (C=O) groups excluding carboxylic acids is 1. The van der Waals surface area contributed by atoms with Crippen LogP contribution in [0.15, 0.2) is 24.3 Å². The molecule has 0 saturated carbocycles. The van der Waals surface area contributed by atoms with E-state index in [1.54, 1.807) is 0 Å². The molecule has 1 N–H and O–H groups in total. The quantitative estimate of drug-likeness (QED) is 0.253. The van der Waals surface area contributed by atoms with Crippen LogP contribution in [0.2, 0.25) is 34.8 Å². The lowest BCUT2D eigenvalue weighted by Gasteiger charge is -2.42. The molecule has 5 nitrogen and oxygen atoms in total. The molecule has 2 aromatic rings. The van der Waals surface area contributed by atoms with Crippen LogP contribution in [0.5, 0.6) is 11.5 Å². The second-order valence-electron chi connectivity index (χ2n) is 13.2. The molecule has 37 heavy (non-hydrogen) atoms. The van der Waals surface area contributed by atoms with Crippen LogP contribution >= 0.6 is 0 Å². The number of esters is 1. The number of cyclic esters (lactones) is 1. The Balaban J connectivity index is 1.89. The average molecular weight is 545 g/mol. The van der Waals surface area contributed by atoms with Crippen molar-refractivity contribution in [2.75, 3.05) is 6.61 Å². The first-order valence-electron chi connectivity index (χ1n) is 13.8. The van der Waals surface area contributed by atoms with Crippen molar-refractivity contribution in [1.29, 1.82) is 0 Å². The van der Waals surface area contributed by atoms with Gasteiger partial charge in [-0.2, -0.15) is 0 Å². The van der Waals surface area contributed by atoms with E-state index in [-0.39, 0.29) is 22.5 Å². The molecule has 1 heterocycles. The second kappa shape index (κ2) is 10.7. The zero-order valence-corrected chi connectivity index (χ0v) is 26.8. The summed E-state index contributed by atoms with van der Waals surface area (Å²) in [5.41, 5.74) is 2.61. The van der Waals surface area contributed by atoms with E-state index in [1.807, 2.05) is 24.3 Å². The minimum absolute atomic E-state index is 0.0151. The molecule has 1 atom stereocenters. The van der Waals surface area contributed by atoms with E-state index in [0.717, 1.165) is 16.7 Å². The third kappa shape index (κ3) is 5.64. The van der Waals surface area contributed by atoms with Gasteiger partial charge in [-0.25, -0.2) is 4.79 Å². The molecule has 2 aromatic carbocycles. The lowest BCUT2D eigenvalue weighted by molar-refractivity contribution is 0.0197. The van der Waals surface area contributed by atoms with Crippen molar-refractivity contribution in [3.8, 4) is 11.5 Å². The highest BCUT2D eigenvalue weighted by molar-refractivity contribution is 6.77. The van der Waals surface area contributed by atoms with Gasteiger partial charge in [-0.15, -0.1) is 0 Å². The van der Waals surface area contributed by atoms with Crippen molar-refractivity contribution in [1.82, 2.24) is 0 Å². The zero-order chi connectivity index (χ0) is 27.9. The predicted molar refractivity (Wildman–Crippen MR) is 158 cm³/mol. The Morgan fingerprint density at radius 1 is 1.03 bits per heavy atom. The summed E-state index contributed by atoms with van der Waals surface area (Å²) in [5, 5.41) is 12.6. The molecule has 1 aliphatic rings. The van der Waals surface area contributed by atoms with Gasteiger partial charge in [-0.3, -0.25) is 0 Å². The number of carbonyl (C=O) groups is 1. The lowest BCUT2D eigenvalue weighted by atomic mass is 9.92. The molecular formula is C30H48O5Si2. The number of aromatic hydroxyl groups is 1. The SMILES string of the molecule is CC(C)[Si](OCC[C@H]1Cc2cc3c(O[Si](C)(C)C(C)(C)C)cccc3c(O)c2C(=O)O1)(C(C)C)C(C)C. The van der Waals surface area contributed by atoms with Crippen LogP contribution in [0.3, 0.4) is 0 Å². The van der Waals surface area contributed by atoms with Crippen LogP contribution in [-0.2, 0) is 15.6 Å². The van der Waals surface area contributed by atoms with Crippen LogP contribution in [0, 0.1) is 0 Å². The lowest BCUT2D eigenvalue weighted by Crippen LogP contribution is -2.48. The van der Waals surface area contributed by atoms with Crippen molar-refractivity contribution in [2.45, 2.75) is 116 Å². The van der Waals surface area contributed by atoms with Gasteiger partial charge in [0.15, 0.2) is 8.32 Å². The molecule has 0 aliphatic carbocycles. The minimum Gasteiger partial charge on any atom is -0.543 e. The van der Waals surface area contributed by atoms with E-state index in [4.69, 9.17) is 13.6 Å². The number of fused-ring (bicyclic) bond motifs is 2. The molecule has 0 aromatic heterocycles. The highest BCUT2D eigenvalue weighted by Crippen LogP contribution is 2.44. The number of hydrogen-bond acceptors (Lipinski definition) is 5. The topological polar surface area (TPSA) is 65.0 Å². The number of phenolic OH excluding ortho intramolecular Hbond substituents is 1. The number of rotatable bonds is 9. The van der Waals surface area contributed by atoms with E-state index in [2.05, 4.69) is 75.4 Å². The highest BCUT2D eigenvalue weighted by atomic mass is 28.4. The molecule has 0 saturated heterocycles. The van der Waals surface area contributed by atoms with Crippen LogP contribution in [-0.4, -0.2) is 40.4 Å². The van der Waals surface area contributed by atoms with E-state index in [1.165, 1.54) is 0 Å². The summed E-state index contributed by atoms with van der Waals surface area (Å²) in [4.78, 5) is 13.1. The first kappa shape index (κ1) is 29.7. The molecular weight excluding hydrogens is 496 g/mol. The first-order valence-corrected chi connectivity index (χ1v) is 18.9.